The van der Waals surface area contributed by atoms with E-state index < -0.39 is 0 Å². The number of thioether (sulfide) groups is 1. The molecule has 0 radical (unpaired) electrons. The van der Waals surface area contributed by atoms with Gasteiger partial charge in [-0.05, 0) is 38.1 Å². The molecule has 3 aromatic rings. The minimum Gasteiger partial charge on any atom is -0.469 e. The highest BCUT2D eigenvalue weighted by atomic mass is 32.2. The van der Waals surface area contributed by atoms with Gasteiger partial charge in [-0.25, -0.2) is 0 Å². The molecule has 0 amide bonds. The Morgan fingerprint density at radius 2 is 2.08 bits per heavy atom. The maximum absolute atomic E-state index is 12.5. The first-order valence-electron chi connectivity index (χ1n) is 8.20. The van der Waals surface area contributed by atoms with E-state index >= 15 is 0 Å². The Morgan fingerprint density at radius 3 is 2.85 bits per heavy atom. The van der Waals surface area contributed by atoms with Gasteiger partial charge in [0.2, 0.25) is 6.79 Å². The molecule has 1 aromatic carbocycles. The number of fused-ring (bicyclic) bond motifs is 1. The maximum atomic E-state index is 12.5. The molecule has 0 spiro atoms. The maximum Gasteiger partial charge on any atom is 0.231 e. The van der Waals surface area contributed by atoms with E-state index in [0.717, 1.165) is 17.1 Å². The first-order chi connectivity index (χ1) is 12.7. The van der Waals surface area contributed by atoms with E-state index in [2.05, 4.69) is 10.2 Å². The highest BCUT2D eigenvalue weighted by molar-refractivity contribution is 7.99. The van der Waals surface area contributed by atoms with Crippen molar-refractivity contribution in [2.24, 2.45) is 0 Å². The third-order valence-corrected chi connectivity index (χ3v) is 5.13. The van der Waals surface area contributed by atoms with Crippen molar-refractivity contribution in [1.29, 1.82) is 0 Å². The van der Waals surface area contributed by atoms with Gasteiger partial charge in [-0.2, -0.15) is 0 Å². The molecule has 0 saturated heterocycles. The van der Waals surface area contributed by atoms with Crippen molar-refractivity contribution in [3.8, 4) is 22.9 Å². The number of ether oxygens (including phenoxy) is 2. The Labute approximate surface area is 154 Å². The molecule has 2 aromatic heterocycles. The SMILES string of the molecule is CCn1c(SCC(=O)c2ccc3c(c2)OCO3)nnc1-c1ccoc1C. The van der Waals surface area contributed by atoms with Gasteiger partial charge in [0, 0.05) is 12.1 Å². The van der Waals surface area contributed by atoms with Crippen LogP contribution in [0.5, 0.6) is 11.5 Å². The molecule has 134 valence electrons. The number of furan rings is 1. The molecule has 26 heavy (non-hydrogen) atoms. The predicted molar refractivity (Wildman–Crippen MR) is 95.8 cm³/mol. The first kappa shape index (κ1) is 16.7. The van der Waals surface area contributed by atoms with Crippen LogP contribution in [0.2, 0.25) is 0 Å². The summed E-state index contributed by atoms with van der Waals surface area (Å²) in [7, 11) is 0. The Kier molecular flexibility index (Phi) is 4.42. The molecule has 0 saturated carbocycles. The molecule has 0 atom stereocenters. The summed E-state index contributed by atoms with van der Waals surface area (Å²) in [4.78, 5) is 12.5. The van der Waals surface area contributed by atoms with Crippen molar-refractivity contribution in [1.82, 2.24) is 14.8 Å². The van der Waals surface area contributed by atoms with Gasteiger partial charge in [0.25, 0.3) is 0 Å². The predicted octanol–water partition coefficient (Wildman–Crippen LogP) is 3.57. The van der Waals surface area contributed by atoms with Gasteiger partial charge in [-0.15, -0.1) is 10.2 Å². The summed E-state index contributed by atoms with van der Waals surface area (Å²) in [5.41, 5.74) is 1.50. The van der Waals surface area contributed by atoms with Gasteiger partial charge in [0.1, 0.15) is 5.76 Å². The molecule has 3 heterocycles. The number of carbonyl (C=O) groups excluding carboxylic acids is 1. The van der Waals surface area contributed by atoms with Crippen molar-refractivity contribution in [2.45, 2.75) is 25.5 Å². The van der Waals surface area contributed by atoms with Crippen molar-refractivity contribution in [2.75, 3.05) is 12.5 Å². The molecule has 0 unspecified atom stereocenters. The summed E-state index contributed by atoms with van der Waals surface area (Å²) in [6.07, 6.45) is 1.63. The first-order valence-corrected chi connectivity index (χ1v) is 9.19. The summed E-state index contributed by atoms with van der Waals surface area (Å²) in [5.74, 6) is 3.08. The molecule has 0 fully saturated rings. The standard InChI is InChI=1S/C18H17N3O4S/c1-3-21-17(13-6-7-23-11(13)2)19-20-18(21)26-9-14(22)12-4-5-15-16(8-12)25-10-24-15/h4-8H,3,9-10H2,1-2H3. The van der Waals surface area contributed by atoms with Crippen LogP contribution >= 0.6 is 11.8 Å². The van der Waals surface area contributed by atoms with E-state index in [4.69, 9.17) is 13.9 Å². The lowest BCUT2D eigenvalue weighted by atomic mass is 10.1. The lowest BCUT2D eigenvalue weighted by molar-refractivity contribution is 0.102. The van der Waals surface area contributed by atoms with Gasteiger partial charge in [-0.1, -0.05) is 11.8 Å². The van der Waals surface area contributed by atoms with Crippen LogP contribution < -0.4 is 9.47 Å². The Bertz CT molecular complexity index is 963. The summed E-state index contributed by atoms with van der Waals surface area (Å²) in [6, 6.07) is 7.10. The summed E-state index contributed by atoms with van der Waals surface area (Å²) in [5, 5.41) is 9.22. The minimum atomic E-state index is -0.00000488. The van der Waals surface area contributed by atoms with Crippen molar-refractivity contribution >= 4 is 17.5 Å². The van der Waals surface area contributed by atoms with E-state index in [0.29, 0.717) is 28.8 Å². The van der Waals surface area contributed by atoms with Gasteiger partial charge in [0.15, 0.2) is 28.3 Å². The minimum absolute atomic E-state index is 0.00000488. The lowest BCUT2D eigenvalue weighted by Crippen LogP contribution is -2.05. The summed E-state index contributed by atoms with van der Waals surface area (Å²) < 4.78 is 17.9. The zero-order valence-electron chi connectivity index (χ0n) is 14.4. The van der Waals surface area contributed by atoms with Crippen LogP contribution in [0.3, 0.4) is 0 Å². The number of nitrogens with zero attached hydrogens (tertiary/aromatic N) is 3. The second kappa shape index (κ2) is 6.87. The molecule has 0 bridgehead atoms. The average Bonchev–Trinajstić information content (AvgIpc) is 3.37. The van der Waals surface area contributed by atoms with Crippen LogP contribution in [0.15, 0.2) is 40.1 Å². The number of hydrogen-bond acceptors (Lipinski definition) is 7. The number of aromatic nitrogens is 3. The fourth-order valence-corrected chi connectivity index (χ4v) is 3.68. The molecule has 0 aliphatic carbocycles. The lowest BCUT2D eigenvalue weighted by Gasteiger charge is -2.07. The smallest absolute Gasteiger partial charge is 0.231 e. The third kappa shape index (κ3) is 2.96. The zero-order valence-corrected chi connectivity index (χ0v) is 15.2. The number of carbonyl (C=O) groups is 1. The summed E-state index contributed by atoms with van der Waals surface area (Å²) >= 11 is 1.37. The van der Waals surface area contributed by atoms with E-state index in [-0.39, 0.29) is 18.3 Å². The molecule has 7 nitrogen and oxygen atoms in total. The molecule has 1 aliphatic heterocycles. The number of Topliss-reactive ketones (excluding diaryl/α,β-unsaturated/α-hetero) is 1. The third-order valence-electron chi connectivity index (χ3n) is 4.16. The monoisotopic (exact) mass is 371 g/mol. The van der Waals surface area contributed by atoms with Crippen LogP contribution in [0.4, 0.5) is 0 Å². The number of benzene rings is 1. The molecular weight excluding hydrogens is 354 g/mol. The van der Waals surface area contributed by atoms with Crippen LogP contribution in [0.1, 0.15) is 23.0 Å². The van der Waals surface area contributed by atoms with Crippen molar-refractivity contribution in [3.63, 3.8) is 0 Å². The Balaban J connectivity index is 1.50. The second-order valence-electron chi connectivity index (χ2n) is 5.72. The van der Waals surface area contributed by atoms with Gasteiger partial charge < -0.3 is 18.5 Å². The van der Waals surface area contributed by atoms with Crippen molar-refractivity contribution < 1.29 is 18.7 Å². The van der Waals surface area contributed by atoms with Gasteiger partial charge >= 0.3 is 0 Å². The number of hydrogen-bond donors (Lipinski definition) is 0. The normalized spacial score (nSPS) is 12.5. The van der Waals surface area contributed by atoms with Crippen molar-refractivity contribution in [3.05, 3.63) is 41.9 Å². The van der Waals surface area contributed by atoms with Crippen LogP contribution in [0.25, 0.3) is 11.4 Å². The molecule has 4 rings (SSSR count). The quantitative estimate of drug-likeness (QED) is 0.484. The fourth-order valence-electron chi connectivity index (χ4n) is 2.78. The fraction of sp³-hybridized carbons (Fsp3) is 0.278. The van der Waals surface area contributed by atoms with E-state index in [1.54, 1.807) is 24.5 Å². The summed E-state index contributed by atoms with van der Waals surface area (Å²) in [6.45, 7) is 4.80. The van der Waals surface area contributed by atoms with Crippen LogP contribution in [-0.2, 0) is 6.54 Å². The van der Waals surface area contributed by atoms with E-state index in [1.807, 2.05) is 24.5 Å². The zero-order chi connectivity index (χ0) is 18.1. The largest absolute Gasteiger partial charge is 0.469 e. The van der Waals surface area contributed by atoms with E-state index in [9.17, 15) is 4.79 Å². The van der Waals surface area contributed by atoms with Crippen LogP contribution in [0, 0.1) is 6.92 Å². The van der Waals surface area contributed by atoms with Gasteiger partial charge in [-0.3, -0.25) is 4.79 Å². The number of ketones is 1. The molecule has 8 heteroatoms. The molecule has 1 aliphatic rings. The van der Waals surface area contributed by atoms with Gasteiger partial charge in [0.05, 0.1) is 17.6 Å². The molecular formula is C18H17N3O4S. The average molecular weight is 371 g/mol. The number of rotatable bonds is 6. The second-order valence-corrected chi connectivity index (χ2v) is 6.66. The highest BCUT2D eigenvalue weighted by Gasteiger charge is 2.19. The van der Waals surface area contributed by atoms with E-state index in [1.165, 1.54) is 11.8 Å². The Morgan fingerprint density at radius 1 is 1.23 bits per heavy atom. The topological polar surface area (TPSA) is 79.4 Å². The number of aryl methyl sites for hydroxylation is 1. The molecule has 0 N–H and O–H groups in total. The van der Waals surface area contributed by atoms with Crippen LogP contribution in [-0.4, -0.2) is 33.1 Å². The Hall–Kier alpha value is -2.74. The highest BCUT2D eigenvalue weighted by Crippen LogP contribution is 2.33.